The van der Waals surface area contributed by atoms with Crippen molar-refractivity contribution in [3.8, 4) is 5.69 Å². The maximum absolute atomic E-state index is 13.0. The highest BCUT2D eigenvalue weighted by Gasteiger charge is 2.20. The van der Waals surface area contributed by atoms with Crippen molar-refractivity contribution in [3.05, 3.63) is 59.7 Å². The number of hydrogen-bond donors (Lipinski definition) is 1. The summed E-state index contributed by atoms with van der Waals surface area (Å²) in [6.45, 7) is 5.98. The van der Waals surface area contributed by atoms with Crippen LogP contribution in [0.2, 0.25) is 0 Å². The molecule has 0 amide bonds. The zero-order valence-electron chi connectivity index (χ0n) is 14.2. The van der Waals surface area contributed by atoms with E-state index in [0.717, 1.165) is 0 Å². The third kappa shape index (κ3) is 3.90. The van der Waals surface area contributed by atoms with Gasteiger partial charge in [0.1, 0.15) is 5.82 Å². The highest BCUT2D eigenvalue weighted by Crippen LogP contribution is 2.17. The third-order valence-electron chi connectivity index (χ3n) is 3.45. The lowest BCUT2D eigenvalue weighted by Gasteiger charge is -2.11. The van der Waals surface area contributed by atoms with Gasteiger partial charge in [0.2, 0.25) is 0 Å². The summed E-state index contributed by atoms with van der Waals surface area (Å²) in [5.74, 6) is 0.270. The summed E-state index contributed by atoms with van der Waals surface area (Å²) in [5, 5.41) is 11.0. The van der Waals surface area contributed by atoms with Gasteiger partial charge in [-0.2, -0.15) is 10.2 Å². The minimum absolute atomic E-state index is 0.0103. The monoisotopic (exact) mass is 343 g/mol. The fourth-order valence-corrected chi connectivity index (χ4v) is 2.08. The Balaban J connectivity index is 1.64. The molecule has 0 radical (unpaired) electrons. The molecule has 0 saturated heterocycles. The molecule has 25 heavy (non-hydrogen) atoms. The first-order chi connectivity index (χ1) is 11.8. The Labute approximate surface area is 143 Å². The number of carbonyl (C=O) groups excluding carboxylic acids is 1. The van der Waals surface area contributed by atoms with Crippen LogP contribution in [-0.2, 0) is 16.8 Å². The number of nitrogens with one attached hydrogen (secondary N) is 1. The second kappa shape index (κ2) is 6.46. The average Bonchev–Trinajstić information content (AvgIpc) is 3.22. The predicted octanol–water partition coefficient (Wildman–Crippen LogP) is 2.78. The topological polar surface area (TPSA) is 85.7 Å². The minimum atomic E-state index is -0.526. The van der Waals surface area contributed by atoms with Gasteiger partial charge in [-0.15, -0.1) is 0 Å². The summed E-state index contributed by atoms with van der Waals surface area (Å²) >= 11 is 0. The van der Waals surface area contributed by atoms with Gasteiger partial charge >= 0.3 is 5.97 Å². The van der Waals surface area contributed by atoms with Crippen molar-refractivity contribution >= 4 is 5.97 Å². The van der Waals surface area contributed by atoms with Gasteiger partial charge in [0.15, 0.2) is 18.3 Å². The number of rotatable bonds is 4. The molecule has 2 heterocycles. The van der Waals surface area contributed by atoms with Crippen molar-refractivity contribution in [2.45, 2.75) is 32.8 Å². The second-order valence-corrected chi connectivity index (χ2v) is 6.58. The van der Waals surface area contributed by atoms with E-state index < -0.39 is 5.97 Å². The normalized spacial score (nSPS) is 11.5. The molecule has 0 saturated carbocycles. The standard InChI is InChI=1S/C17H18FN5O2/c1-17(2,3)16-20-14(21-22-16)10-25-15(24)11-8-19-23(9-11)13-6-4-12(18)5-7-13/h4-9H,10H2,1-3H3,(H,20,21,22). The van der Waals surface area contributed by atoms with Crippen LogP contribution < -0.4 is 0 Å². The number of nitrogens with zero attached hydrogens (tertiary/aromatic N) is 4. The van der Waals surface area contributed by atoms with Crippen LogP contribution in [0.25, 0.3) is 5.69 Å². The Morgan fingerprint density at radius 2 is 2.00 bits per heavy atom. The molecular formula is C17H18FN5O2. The molecule has 7 nitrogen and oxygen atoms in total. The van der Waals surface area contributed by atoms with Crippen molar-refractivity contribution in [2.75, 3.05) is 0 Å². The number of esters is 1. The van der Waals surface area contributed by atoms with Crippen LogP contribution in [0.5, 0.6) is 0 Å². The van der Waals surface area contributed by atoms with Gasteiger partial charge in [-0.25, -0.2) is 18.9 Å². The molecule has 0 fully saturated rings. The zero-order chi connectivity index (χ0) is 18.0. The second-order valence-electron chi connectivity index (χ2n) is 6.58. The minimum Gasteiger partial charge on any atom is -0.454 e. The maximum Gasteiger partial charge on any atom is 0.341 e. The van der Waals surface area contributed by atoms with Gasteiger partial charge in [-0.3, -0.25) is 5.10 Å². The van der Waals surface area contributed by atoms with E-state index in [1.54, 1.807) is 12.1 Å². The van der Waals surface area contributed by atoms with Crippen LogP contribution in [0.1, 0.15) is 42.8 Å². The molecule has 8 heteroatoms. The molecule has 3 aromatic rings. The molecule has 130 valence electrons. The third-order valence-corrected chi connectivity index (χ3v) is 3.45. The Hall–Kier alpha value is -3.03. The molecule has 0 atom stereocenters. The van der Waals surface area contributed by atoms with Crippen molar-refractivity contribution in [3.63, 3.8) is 0 Å². The van der Waals surface area contributed by atoms with E-state index in [1.807, 2.05) is 20.8 Å². The molecule has 3 rings (SSSR count). The summed E-state index contributed by atoms with van der Waals surface area (Å²) in [6, 6.07) is 5.79. The quantitative estimate of drug-likeness (QED) is 0.736. The first-order valence-corrected chi connectivity index (χ1v) is 7.72. The van der Waals surface area contributed by atoms with Crippen LogP contribution in [0.3, 0.4) is 0 Å². The first-order valence-electron chi connectivity index (χ1n) is 7.72. The highest BCUT2D eigenvalue weighted by molar-refractivity contribution is 5.88. The van der Waals surface area contributed by atoms with Crippen LogP contribution in [0.4, 0.5) is 4.39 Å². The van der Waals surface area contributed by atoms with Crippen LogP contribution in [0, 0.1) is 5.82 Å². The molecular weight excluding hydrogens is 325 g/mol. The van der Waals surface area contributed by atoms with Crippen molar-refractivity contribution in [1.82, 2.24) is 25.0 Å². The van der Waals surface area contributed by atoms with Crippen molar-refractivity contribution in [1.29, 1.82) is 0 Å². The van der Waals surface area contributed by atoms with Crippen LogP contribution >= 0.6 is 0 Å². The lowest BCUT2D eigenvalue weighted by atomic mass is 9.96. The van der Waals surface area contributed by atoms with E-state index in [1.165, 1.54) is 29.2 Å². The van der Waals surface area contributed by atoms with Gasteiger partial charge in [-0.05, 0) is 24.3 Å². The fraction of sp³-hybridized carbons (Fsp3) is 0.294. The van der Waals surface area contributed by atoms with Crippen molar-refractivity contribution in [2.24, 2.45) is 0 Å². The molecule has 0 bridgehead atoms. The molecule has 2 aromatic heterocycles. The lowest BCUT2D eigenvalue weighted by molar-refractivity contribution is 0.0462. The number of aromatic amines is 1. The van der Waals surface area contributed by atoms with Crippen LogP contribution in [0.15, 0.2) is 36.7 Å². The molecule has 1 N–H and O–H groups in total. The molecule has 0 spiro atoms. The largest absolute Gasteiger partial charge is 0.454 e. The summed E-state index contributed by atoms with van der Waals surface area (Å²) in [6.07, 6.45) is 2.92. The van der Waals surface area contributed by atoms with Gasteiger partial charge in [0, 0.05) is 11.6 Å². The molecule has 0 aliphatic rings. The number of hydrogen-bond acceptors (Lipinski definition) is 5. The predicted molar refractivity (Wildman–Crippen MR) is 87.7 cm³/mol. The number of ether oxygens (including phenoxy) is 1. The van der Waals surface area contributed by atoms with E-state index >= 15 is 0 Å². The molecule has 0 aliphatic carbocycles. The van der Waals surface area contributed by atoms with Gasteiger partial charge in [0.05, 0.1) is 17.4 Å². The summed E-state index contributed by atoms with van der Waals surface area (Å²) in [5.41, 5.74) is 0.750. The van der Waals surface area contributed by atoms with E-state index in [4.69, 9.17) is 4.74 Å². The van der Waals surface area contributed by atoms with Gasteiger partial charge in [-0.1, -0.05) is 20.8 Å². The lowest BCUT2D eigenvalue weighted by Crippen LogP contribution is -2.13. The van der Waals surface area contributed by atoms with E-state index in [-0.39, 0.29) is 17.8 Å². The SMILES string of the molecule is CC(C)(C)c1n[nH]c(COC(=O)c2cnn(-c3ccc(F)cc3)c2)n1. The smallest absolute Gasteiger partial charge is 0.341 e. The van der Waals surface area contributed by atoms with E-state index in [9.17, 15) is 9.18 Å². The Morgan fingerprint density at radius 1 is 1.28 bits per heavy atom. The summed E-state index contributed by atoms with van der Waals surface area (Å²) in [4.78, 5) is 16.4. The maximum atomic E-state index is 13.0. The number of benzene rings is 1. The van der Waals surface area contributed by atoms with Crippen molar-refractivity contribution < 1.29 is 13.9 Å². The molecule has 0 unspecified atom stereocenters. The van der Waals surface area contributed by atoms with Gasteiger partial charge < -0.3 is 4.74 Å². The van der Waals surface area contributed by atoms with Gasteiger partial charge in [0.25, 0.3) is 0 Å². The summed E-state index contributed by atoms with van der Waals surface area (Å²) < 4.78 is 19.7. The summed E-state index contributed by atoms with van der Waals surface area (Å²) in [7, 11) is 0. The highest BCUT2D eigenvalue weighted by atomic mass is 19.1. The average molecular weight is 343 g/mol. The number of H-pyrrole nitrogens is 1. The Kier molecular flexibility index (Phi) is 4.35. The fourth-order valence-electron chi connectivity index (χ4n) is 2.08. The molecule has 0 aliphatic heterocycles. The number of aromatic nitrogens is 5. The Bertz CT molecular complexity index is 877. The molecule has 1 aromatic carbocycles. The Morgan fingerprint density at radius 3 is 2.64 bits per heavy atom. The zero-order valence-corrected chi connectivity index (χ0v) is 14.2. The number of halogens is 1. The van der Waals surface area contributed by atoms with Crippen LogP contribution in [-0.4, -0.2) is 30.9 Å². The van der Waals surface area contributed by atoms with E-state index in [0.29, 0.717) is 22.9 Å². The number of carbonyl (C=O) groups is 1. The van der Waals surface area contributed by atoms with E-state index in [2.05, 4.69) is 20.3 Å². The first kappa shape index (κ1) is 16.8.